The summed E-state index contributed by atoms with van der Waals surface area (Å²) >= 11 is 1.23. The number of carbonyl (C=O) groups is 1. The molecule has 2 aromatic rings. The Morgan fingerprint density at radius 3 is 2.71 bits per heavy atom. The number of Topliss-reactive ketones (excluding diaryl/α,β-unsaturated/α-hetero) is 1. The zero-order valence-corrected chi connectivity index (χ0v) is 12.9. The molecule has 4 heteroatoms. The summed E-state index contributed by atoms with van der Waals surface area (Å²) in [4.78, 5) is 12.6. The lowest BCUT2D eigenvalue weighted by atomic mass is 10.1. The van der Waals surface area contributed by atoms with Gasteiger partial charge in [-0.1, -0.05) is 29.8 Å². The van der Waals surface area contributed by atoms with Crippen LogP contribution in [0.2, 0.25) is 0 Å². The van der Waals surface area contributed by atoms with E-state index in [4.69, 9.17) is 4.74 Å². The Morgan fingerprint density at radius 2 is 2.00 bits per heavy atom. The molecule has 0 saturated heterocycles. The van der Waals surface area contributed by atoms with Gasteiger partial charge in [-0.2, -0.15) is 0 Å². The van der Waals surface area contributed by atoms with Crippen molar-refractivity contribution in [2.45, 2.75) is 18.2 Å². The zero-order valence-electron chi connectivity index (χ0n) is 12.1. The first kappa shape index (κ1) is 15.6. The van der Waals surface area contributed by atoms with E-state index in [1.54, 1.807) is 25.3 Å². The van der Waals surface area contributed by atoms with Crippen LogP contribution in [0.25, 0.3) is 0 Å². The Balaban J connectivity index is 1.99. The molecule has 110 valence electrons. The van der Waals surface area contributed by atoms with Gasteiger partial charge in [0.1, 0.15) is 17.3 Å². The number of ether oxygens (including phenoxy) is 1. The van der Waals surface area contributed by atoms with Gasteiger partial charge >= 0.3 is 0 Å². The minimum absolute atomic E-state index is 0.0483. The van der Waals surface area contributed by atoms with E-state index in [2.05, 4.69) is 0 Å². The highest BCUT2D eigenvalue weighted by Crippen LogP contribution is 2.24. The maximum absolute atomic E-state index is 13.5. The third kappa shape index (κ3) is 4.33. The number of carbonyl (C=O) groups excluding carboxylic acids is 1. The smallest absolute Gasteiger partial charge is 0.147 e. The minimum Gasteiger partial charge on any atom is -0.496 e. The second kappa shape index (κ2) is 7.27. The highest BCUT2D eigenvalue weighted by atomic mass is 32.2. The molecule has 21 heavy (non-hydrogen) atoms. The van der Waals surface area contributed by atoms with Crippen LogP contribution < -0.4 is 4.74 Å². The Kier molecular flexibility index (Phi) is 5.39. The third-order valence-corrected chi connectivity index (χ3v) is 4.16. The van der Waals surface area contributed by atoms with Crippen molar-refractivity contribution in [1.29, 1.82) is 0 Å². The number of rotatable bonds is 6. The summed E-state index contributed by atoms with van der Waals surface area (Å²) in [5, 5.41) is 0. The van der Waals surface area contributed by atoms with Crippen LogP contribution in [0.4, 0.5) is 4.39 Å². The fraction of sp³-hybridized carbons (Fsp3) is 0.235. The summed E-state index contributed by atoms with van der Waals surface area (Å²) in [5.41, 5.74) is 1.96. The van der Waals surface area contributed by atoms with Gasteiger partial charge in [0.05, 0.1) is 12.9 Å². The average molecular weight is 304 g/mol. The first-order valence-corrected chi connectivity index (χ1v) is 7.61. The predicted molar refractivity (Wildman–Crippen MR) is 83.6 cm³/mol. The summed E-state index contributed by atoms with van der Waals surface area (Å²) in [6.45, 7) is 1.97. The van der Waals surface area contributed by atoms with E-state index in [1.807, 2.05) is 25.1 Å². The fourth-order valence-corrected chi connectivity index (χ4v) is 2.83. The molecule has 2 rings (SSSR count). The second-order valence-electron chi connectivity index (χ2n) is 4.75. The van der Waals surface area contributed by atoms with Crippen molar-refractivity contribution in [1.82, 2.24) is 0 Å². The Bertz CT molecular complexity index is 640. The molecule has 2 aromatic carbocycles. The van der Waals surface area contributed by atoms with Crippen LogP contribution in [0.5, 0.6) is 5.75 Å². The molecule has 0 fully saturated rings. The monoisotopic (exact) mass is 304 g/mol. The van der Waals surface area contributed by atoms with E-state index >= 15 is 0 Å². The molecule has 0 saturated carbocycles. The molecule has 2 nitrogen and oxygen atoms in total. The van der Waals surface area contributed by atoms with Gasteiger partial charge in [-0.3, -0.25) is 4.79 Å². The Morgan fingerprint density at radius 1 is 1.24 bits per heavy atom. The number of methoxy groups -OCH3 is 1. The van der Waals surface area contributed by atoms with Crippen LogP contribution in [0.3, 0.4) is 0 Å². The van der Waals surface area contributed by atoms with Gasteiger partial charge in [-0.05, 0) is 25.1 Å². The first-order chi connectivity index (χ1) is 10.1. The summed E-state index contributed by atoms with van der Waals surface area (Å²) in [7, 11) is 1.59. The highest BCUT2D eigenvalue weighted by Gasteiger charge is 2.11. The number of hydrogen-bond acceptors (Lipinski definition) is 3. The van der Waals surface area contributed by atoms with Gasteiger partial charge < -0.3 is 4.74 Å². The van der Waals surface area contributed by atoms with Gasteiger partial charge in [0.2, 0.25) is 0 Å². The number of halogens is 1. The van der Waals surface area contributed by atoms with E-state index in [1.165, 1.54) is 17.8 Å². The SMILES string of the molecule is COc1ccc(C)cc1CC(=O)CSc1ccccc1F. The molecular weight excluding hydrogens is 287 g/mol. The number of benzene rings is 2. The van der Waals surface area contributed by atoms with Crippen molar-refractivity contribution in [2.24, 2.45) is 0 Å². The van der Waals surface area contributed by atoms with Crippen molar-refractivity contribution in [2.75, 3.05) is 12.9 Å². The van der Waals surface area contributed by atoms with Crippen molar-refractivity contribution in [3.8, 4) is 5.75 Å². The largest absolute Gasteiger partial charge is 0.496 e. The van der Waals surface area contributed by atoms with Crippen LogP contribution >= 0.6 is 11.8 Å². The second-order valence-corrected chi connectivity index (χ2v) is 5.77. The summed E-state index contributed by atoms with van der Waals surface area (Å²) in [6.07, 6.45) is 0.298. The molecule has 0 radical (unpaired) electrons. The van der Waals surface area contributed by atoms with Crippen LogP contribution in [0, 0.1) is 12.7 Å². The van der Waals surface area contributed by atoms with Gasteiger partial charge in [0.25, 0.3) is 0 Å². The van der Waals surface area contributed by atoms with Crippen LogP contribution in [-0.4, -0.2) is 18.6 Å². The fourth-order valence-electron chi connectivity index (χ4n) is 2.03. The molecule has 0 heterocycles. The van der Waals surface area contributed by atoms with Crippen LogP contribution in [0.15, 0.2) is 47.4 Å². The Labute approximate surface area is 128 Å². The topological polar surface area (TPSA) is 26.3 Å². The van der Waals surface area contributed by atoms with Gasteiger partial charge in [-0.15, -0.1) is 11.8 Å². The van der Waals surface area contributed by atoms with E-state index in [9.17, 15) is 9.18 Å². The molecule has 0 amide bonds. The normalized spacial score (nSPS) is 10.4. The summed E-state index contributed by atoms with van der Waals surface area (Å²) in [5.74, 6) is 0.721. The average Bonchev–Trinajstić information content (AvgIpc) is 2.47. The van der Waals surface area contributed by atoms with Crippen LogP contribution in [0.1, 0.15) is 11.1 Å². The third-order valence-electron chi connectivity index (χ3n) is 3.05. The first-order valence-electron chi connectivity index (χ1n) is 6.62. The van der Waals surface area contributed by atoms with E-state index in [-0.39, 0.29) is 17.4 Å². The molecule has 0 aliphatic heterocycles. The van der Waals surface area contributed by atoms with E-state index in [0.29, 0.717) is 17.1 Å². The number of thioether (sulfide) groups is 1. The van der Waals surface area contributed by atoms with Crippen molar-refractivity contribution in [3.05, 3.63) is 59.4 Å². The molecule has 0 aliphatic rings. The number of ketones is 1. The van der Waals surface area contributed by atoms with E-state index < -0.39 is 0 Å². The molecular formula is C17H17FO2S. The maximum Gasteiger partial charge on any atom is 0.147 e. The quantitative estimate of drug-likeness (QED) is 0.753. The molecule has 0 spiro atoms. The highest BCUT2D eigenvalue weighted by molar-refractivity contribution is 8.00. The lowest BCUT2D eigenvalue weighted by molar-refractivity contribution is -0.116. The lowest BCUT2D eigenvalue weighted by Crippen LogP contribution is -2.07. The van der Waals surface area contributed by atoms with Gasteiger partial charge in [0.15, 0.2) is 0 Å². The lowest BCUT2D eigenvalue weighted by Gasteiger charge is -2.09. The summed E-state index contributed by atoms with van der Waals surface area (Å²) in [6, 6.07) is 12.2. The van der Waals surface area contributed by atoms with Crippen molar-refractivity contribution in [3.63, 3.8) is 0 Å². The minimum atomic E-state index is -0.288. The molecule has 0 aromatic heterocycles. The van der Waals surface area contributed by atoms with Crippen molar-refractivity contribution >= 4 is 17.5 Å². The zero-order chi connectivity index (χ0) is 15.2. The predicted octanol–water partition coefficient (Wildman–Crippen LogP) is 4.05. The molecule has 0 unspecified atom stereocenters. The standard InChI is InChI=1S/C17H17FO2S/c1-12-7-8-16(20-2)13(9-12)10-14(19)11-21-17-6-4-3-5-15(17)18/h3-9H,10-11H2,1-2H3. The maximum atomic E-state index is 13.5. The van der Waals surface area contributed by atoms with Crippen LogP contribution in [-0.2, 0) is 11.2 Å². The van der Waals surface area contributed by atoms with Gasteiger partial charge in [0, 0.05) is 16.9 Å². The Hall–Kier alpha value is -1.81. The number of hydrogen-bond donors (Lipinski definition) is 0. The number of aryl methyl sites for hydroxylation is 1. The molecule has 0 N–H and O–H groups in total. The molecule has 0 bridgehead atoms. The summed E-state index contributed by atoms with van der Waals surface area (Å²) < 4.78 is 18.8. The van der Waals surface area contributed by atoms with Crippen molar-refractivity contribution < 1.29 is 13.9 Å². The molecule has 0 aliphatic carbocycles. The molecule has 0 atom stereocenters. The van der Waals surface area contributed by atoms with E-state index in [0.717, 1.165) is 11.1 Å². The van der Waals surface area contributed by atoms with Gasteiger partial charge in [-0.25, -0.2) is 4.39 Å².